The summed E-state index contributed by atoms with van der Waals surface area (Å²) >= 11 is 0. The molecule has 1 fully saturated rings. The van der Waals surface area contributed by atoms with Crippen LogP contribution in [0.2, 0.25) is 0 Å². The molecule has 1 unspecified atom stereocenters. The Morgan fingerprint density at radius 2 is 2.54 bits per heavy atom. The molecule has 0 bridgehead atoms. The summed E-state index contributed by atoms with van der Waals surface area (Å²) in [5.41, 5.74) is 0. The summed E-state index contributed by atoms with van der Waals surface area (Å²) in [6.45, 7) is 0.382. The van der Waals surface area contributed by atoms with Crippen LogP contribution >= 0.6 is 0 Å². The maximum Gasteiger partial charge on any atom is 0.235 e. The van der Waals surface area contributed by atoms with Gasteiger partial charge in [0, 0.05) is 0 Å². The molecule has 1 aromatic rings. The standard InChI is InChI=1S/C9H10N2O2/c12-9-6-10-8(11-9)4-3-7-2-1-5-13-7/h1-5,8,10H,6H2,(H,11,12)/b4-3+. The molecule has 0 saturated carbocycles. The number of hydrogen-bond acceptors (Lipinski definition) is 3. The third-order valence-electron chi connectivity index (χ3n) is 1.80. The maximum atomic E-state index is 10.8. The van der Waals surface area contributed by atoms with Gasteiger partial charge in [-0.1, -0.05) is 0 Å². The maximum absolute atomic E-state index is 10.8. The molecule has 1 aromatic heterocycles. The van der Waals surface area contributed by atoms with Crippen molar-refractivity contribution < 1.29 is 9.21 Å². The fourth-order valence-electron chi connectivity index (χ4n) is 1.17. The van der Waals surface area contributed by atoms with Crippen LogP contribution in [-0.4, -0.2) is 18.6 Å². The van der Waals surface area contributed by atoms with E-state index in [1.165, 1.54) is 0 Å². The first-order valence-electron chi connectivity index (χ1n) is 4.09. The quantitative estimate of drug-likeness (QED) is 0.686. The van der Waals surface area contributed by atoms with Gasteiger partial charge in [0.2, 0.25) is 5.91 Å². The predicted octanol–water partition coefficient (Wildman–Crippen LogP) is 0.338. The van der Waals surface area contributed by atoms with Crippen molar-refractivity contribution in [3.05, 3.63) is 30.2 Å². The Morgan fingerprint density at radius 1 is 1.62 bits per heavy atom. The second-order valence-corrected chi connectivity index (χ2v) is 2.80. The van der Waals surface area contributed by atoms with E-state index in [9.17, 15) is 4.79 Å². The number of furan rings is 1. The van der Waals surface area contributed by atoms with Gasteiger partial charge in [-0.2, -0.15) is 0 Å². The Labute approximate surface area is 75.6 Å². The van der Waals surface area contributed by atoms with Crippen molar-refractivity contribution in [2.45, 2.75) is 6.17 Å². The third-order valence-corrected chi connectivity index (χ3v) is 1.80. The minimum Gasteiger partial charge on any atom is -0.465 e. The fourth-order valence-corrected chi connectivity index (χ4v) is 1.17. The molecule has 13 heavy (non-hydrogen) atoms. The Balaban J connectivity index is 1.94. The topological polar surface area (TPSA) is 54.3 Å². The fraction of sp³-hybridized carbons (Fsp3) is 0.222. The van der Waals surface area contributed by atoms with Crippen molar-refractivity contribution in [1.29, 1.82) is 0 Å². The molecule has 2 heterocycles. The highest BCUT2D eigenvalue weighted by Gasteiger charge is 2.16. The van der Waals surface area contributed by atoms with Gasteiger partial charge in [-0.05, 0) is 24.3 Å². The molecule has 1 saturated heterocycles. The normalized spacial score (nSPS) is 22.5. The van der Waals surface area contributed by atoms with Crippen LogP contribution in [0.4, 0.5) is 0 Å². The van der Waals surface area contributed by atoms with Gasteiger partial charge in [0.1, 0.15) is 5.76 Å². The van der Waals surface area contributed by atoms with Crippen LogP contribution in [0.1, 0.15) is 5.76 Å². The number of carbonyl (C=O) groups excluding carboxylic acids is 1. The number of rotatable bonds is 2. The minimum absolute atomic E-state index is 0.0223. The van der Waals surface area contributed by atoms with E-state index >= 15 is 0 Å². The molecule has 4 heteroatoms. The lowest BCUT2D eigenvalue weighted by Crippen LogP contribution is -2.29. The van der Waals surface area contributed by atoms with E-state index in [4.69, 9.17) is 4.42 Å². The molecule has 0 aliphatic carbocycles. The summed E-state index contributed by atoms with van der Waals surface area (Å²) in [6, 6.07) is 3.67. The van der Waals surface area contributed by atoms with Crippen molar-refractivity contribution in [1.82, 2.24) is 10.6 Å². The van der Waals surface area contributed by atoms with Gasteiger partial charge in [-0.3, -0.25) is 10.1 Å². The molecule has 1 aliphatic rings. The summed E-state index contributed by atoms with van der Waals surface area (Å²) < 4.78 is 5.09. The van der Waals surface area contributed by atoms with Crippen molar-refractivity contribution >= 4 is 12.0 Å². The van der Waals surface area contributed by atoms with E-state index in [0.717, 1.165) is 5.76 Å². The summed E-state index contributed by atoms with van der Waals surface area (Å²) in [7, 11) is 0. The lowest BCUT2D eigenvalue weighted by molar-refractivity contribution is -0.118. The molecule has 0 spiro atoms. The second-order valence-electron chi connectivity index (χ2n) is 2.80. The van der Waals surface area contributed by atoms with Gasteiger partial charge in [-0.15, -0.1) is 0 Å². The number of hydrogen-bond donors (Lipinski definition) is 2. The Bertz CT molecular complexity index is 316. The monoisotopic (exact) mass is 178 g/mol. The van der Waals surface area contributed by atoms with Gasteiger partial charge in [0.25, 0.3) is 0 Å². The molecule has 4 nitrogen and oxygen atoms in total. The molecular weight excluding hydrogens is 168 g/mol. The molecular formula is C9H10N2O2. The van der Waals surface area contributed by atoms with Crippen LogP contribution < -0.4 is 10.6 Å². The zero-order chi connectivity index (χ0) is 9.10. The molecule has 2 rings (SSSR count). The molecule has 1 atom stereocenters. The van der Waals surface area contributed by atoms with E-state index in [1.54, 1.807) is 6.26 Å². The Hall–Kier alpha value is -1.55. The van der Waals surface area contributed by atoms with Gasteiger partial charge in [0.05, 0.1) is 19.0 Å². The van der Waals surface area contributed by atoms with E-state index in [1.807, 2.05) is 24.3 Å². The molecule has 68 valence electrons. The van der Waals surface area contributed by atoms with E-state index < -0.39 is 0 Å². The first-order valence-corrected chi connectivity index (χ1v) is 4.09. The average molecular weight is 178 g/mol. The molecule has 2 N–H and O–H groups in total. The summed E-state index contributed by atoms with van der Waals surface area (Å²) in [5.74, 6) is 0.803. The smallest absolute Gasteiger partial charge is 0.235 e. The van der Waals surface area contributed by atoms with E-state index in [2.05, 4.69) is 10.6 Å². The second kappa shape index (κ2) is 3.45. The first-order chi connectivity index (χ1) is 6.34. The number of carbonyl (C=O) groups is 1. The van der Waals surface area contributed by atoms with Gasteiger partial charge >= 0.3 is 0 Å². The zero-order valence-electron chi connectivity index (χ0n) is 6.99. The third kappa shape index (κ3) is 1.97. The lowest BCUT2D eigenvalue weighted by Gasteiger charge is -2.01. The summed E-state index contributed by atoms with van der Waals surface area (Å²) in [4.78, 5) is 10.8. The zero-order valence-corrected chi connectivity index (χ0v) is 6.99. The number of nitrogens with one attached hydrogen (secondary N) is 2. The molecule has 1 amide bonds. The summed E-state index contributed by atoms with van der Waals surface area (Å²) in [6.07, 6.45) is 5.21. The largest absolute Gasteiger partial charge is 0.465 e. The number of amides is 1. The van der Waals surface area contributed by atoms with Crippen LogP contribution in [0.15, 0.2) is 28.9 Å². The van der Waals surface area contributed by atoms with Crippen LogP contribution in [0.5, 0.6) is 0 Å². The van der Waals surface area contributed by atoms with E-state index in [-0.39, 0.29) is 12.1 Å². The van der Waals surface area contributed by atoms with Crippen LogP contribution in [0.25, 0.3) is 6.08 Å². The van der Waals surface area contributed by atoms with Crippen molar-refractivity contribution in [2.24, 2.45) is 0 Å². The highest BCUT2D eigenvalue weighted by atomic mass is 16.3. The Morgan fingerprint density at radius 3 is 3.15 bits per heavy atom. The summed E-state index contributed by atoms with van der Waals surface area (Å²) in [5, 5.41) is 5.72. The molecule has 0 radical (unpaired) electrons. The van der Waals surface area contributed by atoms with Gasteiger partial charge < -0.3 is 9.73 Å². The van der Waals surface area contributed by atoms with Crippen LogP contribution in [0, 0.1) is 0 Å². The van der Waals surface area contributed by atoms with Gasteiger partial charge in [0.15, 0.2) is 0 Å². The highest BCUT2D eigenvalue weighted by Crippen LogP contribution is 2.03. The van der Waals surface area contributed by atoms with Crippen molar-refractivity contribution in [2.75, 3.05) is 6.54 Å². The van der Waals surface area contributed by atoms with Crippen LogP contribution in [-0.2, 0) is 4.79 Å². The Kier molecular flexibility index (Phi) is 2.14. The predicted molar refractivity (Wildman–Crippen MR) is 47.7 cm³/mol. The van der Waals surface area contributed by atoms with Gasteiger partial charge in [-0.25, -0.2) is 0 Å². The first kappa shape index (κ1) is 8.07. The minimum atomic E-state index is -0.0717. The average Bonchev–Trinajstić information content (AvgIpc) is 2.71. The SMILES string of the molecule is O=C1CNC(/C=C/c2ccco2)N1. The lowest BCUT2D eigenvalue weighted by atomic mass is 10.3. The van der Waals surface area contributed by atoms with E-state index in [0.29, 0.717) is 6.54 Å². The molecule has 0 aromatic carbocycles. The van der Waals surface area contributed by atoms with Crippen LogP contribution in [0.3, 0.4) is 0 Å². The van der Waals surface area contributed by atoms with Crippen molar-refractivity contribution in [3.63, 3.8) is 0 Å². The highest BCUT2D eigenvalue weighted by molar-refractivity contribution is 5.80. The van der Waals surface area contributed by atoms with Crippen molar-refractivity contribution in [3.8, 4) is 0 Å². The molecule has 1 aliphatic heterocycles.